The van der Waals surface area contributed by atoms with Crippen LogP contribution in [-0.4, -0.2) is 13.3 Å². The van der Waals surface area contributed by atoms with Gasteiger partial charge in [0.25, 0.3) is 0 Å². The third kappa shape index (κ3) is 7.87. The molecule has 0 aromatic rings. The second kappa shape index (κ2) is 10.3. The lowest BCUT2D eigenvalue weighted by Gasteiger charge is -2.07. The SMILES string of the molecule is C=CC(=CCCC)NCOCCCC. The van der Waals surface area contributed by atoms with E-state index in [1.54, 1.807) is 0 Å². The summed E-state index contributed by atoms with van der Waals surface area (Å²) in [4.78, 5) is 0. The van der Waals surface area contributed by atoms with Gasteiger partial charge in [0.15, 0.2) is 0 Å². The summed E-state index contributed by atoms with van der Waals surface area (Å²) < 4.78 is 5.39. The smallest absolute Gasteiger partial charge is 0.116 e. The van der Waals surface area contributed by atoms with Crippen molar-refractivity contribution in [2.45, 2.75) is 39.5 Å². The van der Waals surface area contributed by atoms with E-state index in [1.165, 1.54) is 6.42 Å². The van der Waals surface area contributed by atoms with E-state index in [2.05, 4.69) is 31.8 Å². The number of ether oxygens (including phenoxy) is 1. The van der Waals surface area contributed by atoms with E-state index in [1.807, 2.05) is 6.08 Å². The molecule has 14 heavy (non-hydrogen) atoms. The number of rotatable bonds is 9. The highest BCUT2D eigenvalue weighted by molar-refractivity contribution is 5.13. The summed E-state index contributed by atoms with van der Waals surface area (Å²) in [7, 11) is 0. The molecular weight excluding hydrogens is 174 g/mol. The van der Waals surface area contributed by atoms with Crippen molar-refractivity contribution in [3.05, 3.63) is 24.4 Å². The van der Waals surface area contributed by atoms with Gasteiger partial charge < -0.3 is 10.1 Å². The fourth-order valence-electron chi connectivity index (χ4n) is 0.980. The number of hydrogen-bond donors (Lipinski definition) is 1. The third-order valence-electron chi connectivity index (χ3n) is 1.89. The van der Waals surface area contributed by atoms with Gasteiger partial charge in [0, 0.05) is 12.3 Å². The maximum atomic E-state index is 5.39. The number of nitrogens with one attached hydrogen (secondary N) is 1. The van der Waals surface area contributed by atoms with Crippen LogP contribution in [0.15, 0.2) is 24.4 Å². The van der Waals surface area contributed by atoms with Crippen LogP contribution in [0.5, 0.6) is 0 Å². The quantitative estimate of drug-likeness (QED) is 0.348. The van der Waals surface area contributed by atoms with Crippen molar-refractivity contribution in [3.8, 4) is 0 Å². The molecule has 0 spiro atoms. The molecule has 0 atom stereocenters. The molecule has 2 heteroatoms. The molecule has 0 saturated heterocycles. The number of hydrogen-bond acceptors (Lipinski definition) is 2. The first-order chi connectivity index (χ1) is 6.85. The Morgan fingerprint density at radius 3 is 2.71 bits per heavy atom. The summed E-state index contributed by atoms with van der Waals surface area (Å²) in [5.74, 6) is 0. The lowest BCUT2D eigenvalue weighted by molar-refractivity contribution is 0.121. The summed E-state index contributed by atoms with van der Waals surface area (Å²) in [6, 6.07) is 0. The molecule has 1 N–H and O–H groups in total. The van der Waals surface area contributed by atoms with Gasteiger partial charge in [-0.25, -0.2) is 0 Å². The molecular formula is C12H23NO. The summed E-state index contributed by atoms with van der Waals surface area (Å²) in [6.07, 6.45) is 8.54. The van der Waals surface area contributed by atoms with Crippen molar-refractivity contribution < 1.29 is 4.74 Å². The Morgan fingerprint density at radius 1 is 1.36 bits per heavy atom. The molecule has 0 rings (SSSR count). The predicted octanol–water partition coefficient (Wildman–Crippen LogP) is 3.22. The monoisotopic (exact) mass is 197 g/mol. The zero-order valence-corrected chi connectivity index (χ0v) is 9.51. The van der Waals surface area contributed by atoms with Crippen LogP contribution in [0.1, 0.15) is 39.5 Å². The largest absolute Gasteiger partial charge is 0.363 e. The molecule has 0 bridgehead atoms. The van der Waals surface area contributed by atoms with Crippen LogP contribution in [0.4, 0.5) is 0 Å². The van der Waals surface area contributed by atoms with E-state index in [4.69, 9.17) is 4.74 Å². The van der Waals surface area contributed by atoms with Crippen molar-refractivity contribution in [3.63, 3.8) is 0 Å². The molecule has 0 aromatic carbocycles. The Bertz CT molecular complexity index is 164. The van der Waals surface area contributed by atoms with E-state index >= 15 is 0 Å². The van der Waals surface area contributed by atoms with Crippen molar-refractivity contribution in [1.82, 2.24) is 5.32 Å². The first-order valence-electron chi connectivity index (χ1n) is 5.49. The van der Waals surface area contributed by atoms with Gasteiger partial charge in [0.2, 0.25) is 0 Å². The number of unbranched alkanes of at least 4 members (excludes halogenated alkanes) is 2. The van der Waals surface area contributed by atoms with Crippen molar-refractivity contribution in [2.75, 3.05) is 13.3 Å². The molecule has 2 nitrogen and oxygen atoms in total. The Morgan fingerprint density at radius 2 is 2.14 bits per heavy atom. The topological polar surface area (TPSA) is 21.3 Å². The van der Waals surface area contributed by atoms with Gasteiger partial charge in [-0.2, -0.15) is 0 Å². The Kier molecular flexibility index (Phi) is 9.76. The second-order valence-electron chi connectivity index (χ2n) is 3.24. The molecule has 0 aromatic heterocycles. The Hall–Kier alpha value is -0.760. The summed E-state index contributed by atoms with van der Waals surface area (Å²) in [5.41, 5.74) is 1.07. The van der Waals surface area contributed by atoms with Crippen LogP contribution >= 0.6 is 0 Å². The van der Waals surface area contributed by atoms with Crippen LogP contribution in [-0.2, 0) is 4.74 Å². The van der Waals surface area contributed by atoms with Crippen molar-refractivity contribution in [2.24, 2.45) is 0 Å². The molecule has 0 saturated carbocycles. The van der Waals surface area contributed by atoms with Gasteiger partial charge in [-0.05, 0) is 18.9 Å². The highest BCUT2D eigenvalue weighted by Gasteiger charge is 1.89. The van der Waals surface area contributed by atoms with Crippen LogP contribution in [0.25, 0.3) is 0 Å². The normalized spacial score (nSPS) is 11.4. The van der Waals surface area contributed by atoms with E-state index in [9.17, 15) is 0 Å². The molecule has 0 fully saturated rings. The van der Waals surface area contributed by atoms with E-state index in [0.717, 1.165) is 31.6 Å². The number of allylic oxidation sites excluding steroid dienone is 2. The Labute approximate surface area is 88.0 Å². The second-order valence-corrected chi connectivity index (χ2v) is 3.24. The predicted molar refractivity (Wildman–Crippen MR) is 62.1 cm³/mol. The summed E-state index contributed by atoms with van der Waals surface area (Å²) in [5, 5.41) is 3.18. The Balaban J connectivity index is 3.47. The minimum atomic E-state index is 0.585. The standard InChI is InChI=1S/C12H23NO/c1-4-7-9-12(6-3)13-11-14-10-8-5-2/h6,9,13H,3-5,7-8,10-11H2,1-2H3. The van der Waals surface area contributed by atoms with Crippen LogP contribution < -0.4 is 5.32 Å². The molecule has 0 unspecified atom stereocenters. The lowest BCUT2D eigenvalue weighted by atomic mass is 10.3. The zero-order valence-electron chi connectivity index (χ0n) is 9.51. The van der Waals surface area contributed by atoms with Gasteiger partial charge in [-0.3, -0.25) is 0 Å². The molecule has 0 radical (unpaired) electrons. The maximum Gasteiger partial charge on any atom is 0.116 e. The van der Waals surface area contributed by atoms with Crippen LogP contribution in [0.3, 0.4) is 0 Å². The third-order valence-corrected chi connectivity index (χ3v) is 1.89. The van der Waals surface area contributed by atoms with Crippen molar-refractivity contribution in [1.29, 1.82) is 0 Å². The zero-order chi connectivity index (χ0) is 10.6. The summed E-state index contributed by atoms with van der Waals surface area (Å²) >= 11 is 0. The van der Waals surface area contributed by atoms with Crippen molar-refractivity contribution >= 4 is 0 Å². The van der Waals surface area contributed by atoms with Gasteiger partial charge in [0.05, 0.1) is 0 Å². The average molecular weight is 197 g/mol. The minimum absolute atomic E-state index is 0.585. The molecule has 0 aliphatic heterocycles. The fraction of sp³-hybridized carbons (Fsp3) is 0.667. The van der Waals surface area contributed by atoms with E-state index in [-0.39, 0.29) is 0 Å². The van der Waals surface area contributed by atoms with Gasteiger partial charge >= 0.3 is 0 Å². The van der Waals surface area contributed by atoms with Gasteiger partial charge in [-0.15, -0.1) is 0 Å². The van der Waals surface area contributed by atoms with Crippen LogP contribution in [0.2, 0.25) is 0 Å². The first-order valence-corrected chi connectivity index (χ1v) is 5.49. The molecule has 0 aliphatic carbocycles. The fourth-order valence-corrected chi connectivity index (χ4v) is 0.980. The molecule has 0 heterocycles. The van der Waals surface area contributed by atoms with E-state index < -0.39 is 0 Å². The maximum absolute atomic E-state index is 5.39. The average Bonchev–Trinajstić information content (AvgIpc) is 2.22. The van der Waals surface area contributed by atoms with E-state index in [0.29, 0.717) is 6.73 Å². The van der Waals surface area contributed by atoms with Gasteiger partial charge in [0.1, 0.15) is 6.73 Å². The highest BCUT2D eigenvalue weighted by Crippen LogP contribution is 1.96. The molecule has 0 amide bonds. The minimum Gasteiger partial charge on any atom is -0.363 e. The molecule has 0 aliphatic rings. The van der Waals surface area contributed by atoms with Gasteiger partial charge in [-0.1, -0.05) is 39.3 Å². The lowest BCUT2D eigenvalue weighted by Crippen LogP contribution is -2.16. The van der Waals surface area contributed by atoms with Crippen LogP contribution in [0, 0.1) is 0 Å². The summed E-state index contributed by atoms with van der Waals surface area (Å²) in [6.45, 7) is 9.48. The first kappa shape index (κ1) is 13.2. The molecule has 82 valence electrons. The highest BCUT2D eigenvalue weighted by atomic mass is 16.5.